The maximum Gasteiger partial charge on any atom is 0.255 e. The Morgan fingerprint density at radius 3 is 2.32 bits per heavy atom. The molecule has 0 unspecified atom stereocenters. The molecule has 3 N–H and O–H groups in total. The third-order valence-corrected chi connectivity index (χ3v) is 3.18. The third kappa shape index (κ3) is 3.10. The molecule has 4 nitrogen and oxygen atoms in total. The Labute approximate surface area is 119 Å². The van der Waals surface area contributed by atoms with Gasteiger partial charge in [-0.25, -0.2) is 0 Å². The largest absolute Gasteiger partial charge is 0.508 e. The van der Waals surface area contributed by atoms with E-state index in [9.17, 15) is 15.0 Å². The van der Waals surface area contributed by atoms with Crippen LogP contribution in [0.2, 0.25) is 10.0 Å². The van der Waals surface area contributed by atoms with Gasteiger partial charge in [0.15, 0.2) is 0 Å². The number of carbonyl (C=O) groups excluding carboxylic acids is 1. The third-order valence-electron chi connectivity index (χ3n) is 2.36. The first-order valence-electron chi connectivity index (χ1n) is 5.26. The molecule has 2 rings (SSSR count). The van der Waals surface area contributed by atoms with Crippen molar-refractivity contribution in [3.8, 4) is 11.5 Å². The minimum Gasteiger partial charge on any atom is -0.508 e. The summed E-state index contributed by atoms with van der Waals surface area (Å²) in [5, 5.41) is 21.7. The highest BCUT2D eigenvalue weighted by molar-refractivity contribution is 6.44. The van der Waals surface area contributed by atoms with Gasteiger partial charge in [-0.3, -0.25) is 4.79 Å². The van der Waals surface area contributed by atoms with Gasteiger partial charge in [0.25, 0.3) is 5.91 Å². The van der Waals surface area contributed by atoms with Gasteiger partial charge >= 0.3 is 0 Å². The highest BCUT2D eigenvalue weighted by Crippen LogP contribution is 2.30. The first kappa shape index (κ1) is 13.5. The first-order chi connectivity index (χ1) is 8.97. The van der Waals surface area contributed by atoms with Gasteiger partial charge in [0.2, 0.25) is 0 Å². The first-order valence-corrected chi connectivity index (χ1v) is 6.01. The Morgan fingerprint density at radius 1 is 1.05 bits per heavy atom. The highest BCUT2D eigenvalue weighted by Gasteiger charge is 2.11. The van der Waals surface area contributed by atoms with Crippen LogP contribution in [-0.2, 0) is 0 Å². The summed E-state index contributed by atoms with van der Waals surface area (Å²) < 4.78 is 0. The van der Waals surface area contributed by atoms with Crippen molar-refractivity contribution in [2.75, 3.05) is 5.32 Å². The molecule has 19 heavy (non-hydrogen) atoms. The van der Waals surface area contributed by atoms with E-state index in [1.54, 1.807) is 18.2 Å². The molecule has 0 spiro atoms. The standard InChI is InChI=1S/C13H9Cl2NO3/c14-10-2-1-3-11(12(10)15)16-13(19)7-4-8(17)6-9(18)5-7/h1-6,17-18H,(H,16,19). The van der Waals surface area contributed by atoms with E-state index in [-0.39, 0.29) is 22.1 Å². The molecular weight excluding hydrogens is 289 g/mol. The lowest BCUT2D eigenvalue weighted by molar-refractivity contribution is 0.102. The van der Waals surface area contributed by atoms with Crippen LogP contribution in [0, 0.1) is 0 Å². The van der Waals surface area contributed by atoms with Crippen LogP contribution in [0.25, 0.3) is 0 Å². The number of hydrogen-bond donors (Lipinski definition) is 3. The number of aromatic hydroxyl groups is 2. The van der Waals surface area contributed by atoms with Crippen LogP contribution in [0.5, 0.6) is 11.5 Å². The SMILES string of the molecule is O=C(Nc1cccc(Cl)c1Cl)c1cc(O)cc(O)c1. The lowest BCUT2D eigenvalue weighted by atomic mass is 10.2. The number of hydrogen-bond acceptors (Lipinski definition) is 3. The van der Waals surface area contributed by atoms with Crippen LogP contribution in [0.15, 0.2) is 36.4 Å². The van der Waals surface area contributed by atoms with Crippen molar-refractivity contribution in [1.82, 2.24) is 0 Å². The topological polar surface area (TPSA) is 69.6 Å². The number of nitrogens with one attached hydrogen (secondary N) is 1. The van der Waals surface area contributed by atoms with Gasteiger partial charge in [0, 0.05) is 11.6 Å². The number of halogens is 2. The van der Waals surface area contributed by atoms with Crippen molar-refractivity contribution >= 4 is 34.8 Å². The van der Waals surface area contributed by atoms with Crippen molar-refractivity contribution in [1.29, 1.82) is 0 Å². The van der Waals surface area contributed by atoms with Gasteiger partial charge in [-0.2, -0.15) is 0 Å². The van der Waals surface area contributed by atoms with Gasteiger partial charge in [0.05, 0.1) is 15.7 Å². The Hall–Kier alpha value is -1.91. The van der Waals surface area contributed by atoms with Crippen LogP contribution >= 0.6 is 23.2 Å². The zero-order chi connectivity index (χ0) is 14.0. The molecule has 0 atom stereocenters. The van der Waals surface area contributed by atoms with E-state index in [0.29, 0.717) is 10.7 Å². The second-order valence-electron chi connectivity index (χ2n) is 3.79. The van der Waals surface area contributed by atoms with Crippen LogP contribution in [0.1, 0.15) is 10.4 Å². The van der Waals surface area contributed by atoms with Gasteiger partial charge in [-0.05, 0) is 24.3 Å². The lowest BCUT2D eigenvalue weighted by Crippen LogP contribution is -2.12. The Bertz CT molecular complexity index is 624. The number of benzene rings is 2. The normalized spacial score (nSPS) is 10.2. The average Bonchev–Trinajstić information content (AvgIpc) is 2.33. The van der Waals surface area contributed by atoms with E-state index >= 15 is 0 Å². The summed E-state index contributed by atoms with van der Waals surface area (Å²) >= 11 is 11.8. The summed E-state index contributed by atoms with van der Waals surface area (Å²) in [7, 11) is 0. The quantitative estimate of drug-likeness (QED) is 0.792. The van der Waals surface area contributed by atoms with Crippen molar-refractivity contribution in [2.24, 2.45) is 0 Å². The molecule has 0 heterocycles. The fourth-order valence-electron chi connectivity index (χ4n) is 1.52. The summed E-state index contributed by atoms with van der Waals surface area (Å²) in [5.74, 6) is -0.931. The maximum absolute atomic E-state index is 11.9. The minimum atomic E-state index is -0.518. The Balaban J connectivity index is 2.28. The maximum atomic E-state index is 11.9. The molecule has 0 aliphatic heterocycles. The number of carbonyl (C=O) groups is 1. The number of phenolic OH excluding ortho intramolecular Hbond substituents is 2. The molecule has 0 radical (unpaired) electrons. The van der Waals surface area contributed by atoms with Gasteiger partial charge in [-0.15, -0.1) is 0 Å². The second kappa shape index (κ2) is 5.38. The van der Waals surface area contributed by atoms with Crippen LogP contribution < -0.4 is 5.32 Å². The van der Waals surface area contributed by atoms with Crippen molar-refractivity contribution in [2.45, 2.75) is 0 Å². The van der Waals surface area contributed by atoms with E-state index in [1.165, 1.54) is 12.1 Å². The molecule has 0 bridgehead atoms. The fraction of sp³-hybridized carbons (Fsp3) is 0. The molecule has 98 valence electrons. The Morgan fingerprint density at radius 2 is 1.68 bits per heavy atom. The van der Waals surface area contributed by atoms with Crippen LogP contribution in [-0.4, -0.2) is 16.1 Å². The van der Waals surface area contributed by atoms with E-state index < -0.39 is 5.91 Å². The Kier molecular flexibility index (Phi) is 3.83. The molecule has 0 aliphatic rings. The van der Waals surface area contributed by atoms with E-state index in [2.05, 4.69) is 5.32 Å². The number of rotatable bonds is 2. The minimum absolute atomic E-state index is 0.105. The molecule has 0 aromatic heterocycles. The second-order valence-corrected chi connectivity index (χ2v) is 4.58. The van der Waals surface area contributed by atoms with Crippen LogP contribution in [0.4, 0.5) is 5.69 Å². The molecular formula is C13H9Cl2NO3. The smallest absolute Gasteiger partial charge is 0.255 e. The predicted molar refractivity (Wildman–Crippen MR) is 74.2 cm³/mol. The number of phenols is 2. The summed E-state index contributed by atoms with van der Waals surface area (Å²) in [6.07, 6.45) is 0. The van der Waals surface area contributed by atoms with Crippen molar-refractivity contribution < 1.29 is 15.0 Å². The summed E-state index contributed by atoms with van der Waals surface area (Å²) in [5.41, 5.74) is 0.454. The van der Waals surface area contributed by atoms with E-state index in [4.69, 9.17) is 23.2 Å². The highest BCUT2D eigenvalue weighted by atomic mass is 35.5. The van der Waals surface area contributed by atoms with Gasteiger partial charge in [0.1, 0.15) is 11.5 Å². The molecule has 0 saturated heterocycles. The molecule has 2 aromatic rings. The summed E-state index contributed by atoms with van der Waals surface area (Å²) in [6, 6.07) is 8.42. The molecule has 0 aliphatic carbocycles. The van der Waals surface area contributed by atoms with Crippen molar-refractivity contribution in [3.05, 3.63) is 52.0 Å². The zero-order valence-electron chi connectivity index (χ0n) is 9.52. The number of amides is 1. The fourth-order valence-corrected chi connectivity index (χ4v) is 1.87. The molecule has 0 saturated carbocycles. The molecule has 0 fully saturated rings. The monoisotopic (exact) mass is 297 g/mol. The van der Waals surface area contributed by atoms with E-state index in [0.717, 1.165) is 6.07 Å². The molecule has 1 amide bonds. The summed E-state index contributed by atoms with van der Waals surface area (Å²) in [4.78, 5) is 11.9. The molecule has 2 aromatic carbocycles. The number of anilines is 1. The summed E-state index contributed by atoms with van der Waals surface area (Å²) in [6.45, 7) is 0. The lowest BCUT2D eigenvalue weighted by Gasteiger charge is -2.08. The van der Waals surface area contributed by atoms with Crippen molar-refractivity contribution in [3.63, 3.8) is 0 Å². The molecule has 6 heteroatoms. The predicted octanol–water partition coefficient (Wildman–Crippen LogP) is 3.66. The van der Waals surface area contributed by atoms with Gasteiger partial charge in [-0.1, -0.05) is 29.3 Å². The average molecular weight is 298 g/mol. The zero-order valence-corrected chi connectivity index (χ0v) is 11.0. The van der Waals surface area contributed by atoms with Crippen LogP contribution in [0.3, 0.4) is 0 Å². The van der Waals surface area contributed by atoms with Gasteiger partial charge < -0.3 is 15.5 Å². The van der Waals surface area contributed by atoms with E-state index in [1.807, 2.05) is 0 Å².